The summed E-state index contributed by atoms with van der Waals surface area (Å²) in [5.41, 5.74) is 0. The first-order valence-corrected chi connectivity index (χ1v) is 68.6. The lowest BCUT2D eigenvalue weighted by Gasteiger charge is -2.60. The fraction of sp³-hybridized carbons (Fsp3) is 0.990. The van der Waals surface area contributed by atoms with E-state index in [9.17, 15) is 18.1 Å². The van der Waals surface area contributed by atoms with Gasteiger partial charge in [-0.05, 0) is 326 Å². The first-order valence-electron chi connectivity index (χ1n) is 60.6. The Kier molecular flexibility index (Phi) is 37.0. The third-order valence-electron chi connectivity index (χ3n) is 35.9. The van der Waals surface area contributed by atoms with Crippen LogP contribution in [0.3, 0.4) is 0 Å². The van der Waals surface area contributed by atoms with Gasteiger partial charge in [0.05, 0.1) is 0 Å². The number of hydrazine groups is 24. The van der Waals surface area contributed by atoms with Crippen molar-refractivity contribution < 1.29 is 15.0 Å². The normalized spacial score (nSPS) is 29.1. The van der Waals surface area contributed by atoms with Crippen LogP contribution in [0.25, 0.3) is 0 Å². The van der Waals surface area contributed by atoms with E-state index in [-0.39, 0.29) is 0 Å². The summed E-state index contributed by atoms with van der Waals surface area (Å²) in [6.07, 6.45) is 53.6. The summed E-state index contributed by atoms with van der Waals surface area (Å²) in [5, 5.41) is 89.5. The SMILES string of the molecule is C1CCN(N(N2CCCC2)P(=N[P+](N=P(N(N2CCCC2)N2CCCC2)(N(N2CCCC2)N2CCCC2)N(N2CCCC2)N2CCCC2)(N=P(N(N2CCCC2)N2CCCC2)(N(N2CCCC2)N2CCCC2)N(N2CCCC2)N2CCCC2)N=P(N(N2CCCC2)N2CCCC2)(N(N2CCCC2)N2CCCC2)N(N2CCCC2)N2CCCC2)(N(N2CCCC2)N2CCCC2)N(N2CCCC2)N2CCCC2)C1.O=C([O-])O. The highest BCUT2D eigenvalue weighted by atomic mass is 31.3. The van der Waals surface area contributed by atoms with Gasteiger partial charge < -0.3 is 15.0 Å². The molecule has 24 rings (SSSR count). The van der Waals surface area contributed by atoms with Gasteiger partial charge in [-0.25, -0.2) is 120 Å². The van der Waals surface area contributed by atoms with Crippen molar-refractivity contribution in [3.05, 3.63) is 0 Å². The van der Waals surface area contributed by atoms with E-state index in [0.717, 1.165) is 622 Å². The quantitative estimate of drug-likeness (QED) is 0.0563. The molecule has 24 fully saturated rings. The van der Waals surface area contributed by atoms with Crippen LogP contribution >= 0.6 is 37.9 Å². The third-order valence-corrected chi connectivity index (χ3v) is 55.4. The number of hydrogen-bond acceptors (Lipinski definition) is 30. The Labute approximate surface area is 873 Å². The van der Waals surface area contributed by atoms with Gasteiger partial charge in [-0.2, -0.15) is 0 Å². The molecule has 0 unspecified atom stereocenters. The summed E-state index contributed by atoms with van der Waals surface area (Å²) in [6, 6.07) is 0. The molecular weight excluding hydrogens is 1930 g/mol. The maximum atomic E-state index is 9.24. The molecule has 0 aromatic rings. The van der Waals surface area contributed by atoms with Gasteiger partial charge in [-0.1, -0.05) is 0 Å². The van der Waals surface area contributed by atoms with Crippen molar-refractivity contribution >= 4 is 44.0 Å². The molecule has 0 spiro atoms. The summed E-state index contributed by atoms with van der Waals surface area (Å²) in [5.74, 6) is 0. The van der Waals surface area contributed by atoms with Crippen molar-refractivity contribution in [2.45, 2.75) is 308 Å². The number of carbonyl (C=O) groups is 1. The van der Waals surface area contributed by atoms with Gasteiger partial charge in [-0.15, -0.1) is 58.7 Å². The summed E-state index contributed by atoms with van der Waals surface area (Å²) < 4.78 is 37.0. The fourth-order valence-electron chi connectivity index (χ4n) is 29.4. The monoisotopic (exact) mass is 2120 g/mol. The molecule has 24 aliphatic rings. The Morgan fingerprint density at radius 2 is 0.193 bits per heavy atom. The predicted octanol–water partition coefficient (Wildman–Crippen LogP) is 13.2. The molecule has 0 bridgehead atoms. The van der Waals surface area contributed by atoms with Crippen molar-refractivity contribution in [1.82, 2.24) is 179 Å². The molecule has 0 aromatic carbocycles. The van der Waals surface area contributed by atoms with Gasteiger partial charge in [0.15, 0.2) is 0 Å². The molecule has 0 radical (unpaired) electrons. The molecule has 0 amide bonds. The fourth-order valence-corrected chi connectivity index (χ4v) is 54.9. The van der Waals surface area contributed by atoms with Crippen molar-refractivity contribution in [1.29, 1.82) is 0 Å². The summed E-state index contributed by atoms with van der Waals surface area (Å²) in [4.78, 5) is 47.6. The zero-order valence-electron chi connectivity index (χ0n) is 89.8. The molecule has 0 saturated carbocycles. The van der Waals surface area contributed by atoms with Crippen LogP contribution in [0.2, 0.25) is 0 Å². The number of carboxylic acid groups (broad SMARTS) is 2. The van der Waals surface area contributed by atoms with E-state index in [1.54, 1.807) is 0 Å². The molecule has 0 aliphatic carbocycles. The first-order chi connectivity index (χ1) is 71.6. The van der Waals surface area contributed by atoms with Gasteiger partial charge in [0.25, 0.3) is 30.0 Å². The Bertz CT molecular complexity index is 3140. The van der Waals surface area contributed by atoms with Crippen LogP contribution in [-0.4, -0.2) is 504 Å². The van der Waals surface area contributed by atoms with Crippen molar-refractivity contribution in [3.63, 3.8) is 0 Å². The van der Waals surface area contributed by atoms with E-state index < -0.39 is 44.0 Å². The molecule has 824 valence electrons. The highest BCUT2D eigenvalue weighted by Crippen LogP contribution is 2.91. The minimum Gasteiger partial charge on any atom is -0.565 e. The molecule has 48 heteroatoms. The van der Waals surface area contributed by atoms with Crippen molar-refractivity contribution in [2.24, 2.45) is 18.1 Å². The van der Waals surface area contributed by atoms with Crippen molar-refractivity contribution in [2.75, 3.05) is 314 Å². The molecule has 0 aromatic heterocycles. The lowest BCUT2D eigenvalue weighted by molar-refractivity contribution is -0.275. The van der Waals surface area contributed by atoms with E-state index in [1.165, 1.54) is 0 Å². The van der Waals surface area contributed by atoms with Crippen LogP contribution in [-0.2, 0) is 0 Å². The standard InChI is InChI=1S/C96H192N40P5.CH2O3/c1-2-50-101(49-1)125(102-51-3-4-52-102)138(126(103-53-5-6-54-103)104-55-7-8-56-104,127(105-57-9-10-58-105)106-59-11-12-60-106)97-137(98-139(128(107-61-13-14-62-107)108-63-15-16-64-108,129(109-65-17-18-66-109)110-67-19-20-68-110)130(111-69-21-22-70-111)112-71-23-24-72-112,99-140(131(113-73-25-26-74-113)114-75-27-28-76-114,132(115-77-29-30-78-115)116-79-31-32-80-116)133(117-81-33-34-82-117)118-83-35-36-84-118)100-141(134(119-85-37-38-86-119)120-87-39-40-88-120,135(121-89-41-42-90-121)122-91-43-44-92-122)136(123-93-45-46-94-123)124-95-47-48-96-124;2-1(3)4/h1-96H2;(H2,2,3,4)/q+1;/p-1. The van der Waals surface area contributed by atoms with Crippen LogP contribution in [0, 0.1) is 0 Å². The van der Waals surface area contributed by atoms with Crippen LogP contribution in [0.5, 0.6) is 0 Å². The van der Waals surface area contributed by atoms with Gasteiger partial charge >= 0.3 is 7.87 Å². The molecule has 0 atom stereocenters. The topological polar surface area (TPSA) is 226 Å². The predicted molar refractivity (Wildman–Crippen MR) is 574 cm³/mol. The zero-order valence-corrected chi connectivity index (χ0v) is 94.2. The average Bonchev–Trinajstić information content (AvgIpc) is 1.67. The van der Waals surface area contributed by atoms with Gasteiger partial charge in [0, 0.05) is 314 Å². The summed E-state index contributed by atoms with van der Waals surface area (Å²) in [7, 11) is -21.6. The molecule has 145 heavy (non-hydrogen) atoms. The van der Waals surface area contributed by atoms with E-state index in [0.29, 0.717) is 0 Å². The maximum Gasteiger partial charge on any atom is 0.503 e. The second-order valence-corrected chi connectivity index (χ2v) is 58.9. The van der Waals surface area contributed by atoms with Crippen LogP contribution in [0.15, 0.2) is 18.1 Å². The van der Waals surface area contributed by atoms with Gasteiger partial charge in [-0.3, -0.25) is 0 Å². The molecule has 43 nitrogen and oxygen atoms in total. The Balaban J connectivity index is 0.00000285. The van der Waals surface area contributed by atoms with Gasteiger partial charge in [0.1, 0.15) is 0 Å². The largest absolute Gasteiger partial charge is 0.565 e. The lowest BCUT2D eigenvalue weighted by atomic mass is 10.4. The van der Waals surface area contributed by atoms with E-state index in [4.69, 9.17) is 15.0 Å². The highest BCUT2D eigenvalue weighted by molar-refractivity contribution is 7.87. The Hall–Kier alpha value is -0.820. The van der Waals surface area contributed by atoms with E-state index in [2.05, 4.69) is 179 Å². The van der Waals surface area contributed by atoms with Gasteiger partial charge in [0.2, 0.25) is 6.16 Å². The minimum absolute atomic E-state index is 0.990. The van der Waals surface area contributed by atoms with Crippen molar-refractivity contribution in [3.8, 4) is 0 Å². The summed E-state index contributed by atoms with van der Waals surface area (Å²) >= 11 is 0. The number of rotatable bonds is 40. The first kappa shape index (κ1) is 107. The third kappa shape index (κ3) is 22.1. The van der Waals surface area contributed by atoms with Crippen LogP contribution < -0.4 is 5.11 Å². The molecule has 1 N–H and O–H groups in total. The molecule has 24 aliphatic heterocycles. The minimum atomic E-state index is -5.04. The molecular formula is C97H193N40O3P5. The Morgan fingerprint density at radius 3 is 0.241 bits per heavy atom. The molecule has 24 saturated heterocycles. The number of nitrogens with zero attached hydrogens (tertiary/aromatic N) is 40. The summed E-state index contributed by atoms with van der Waals surface area (Å²) in [6.45, 7) is 47.5. The highest BCUT2D eigenvalue weighted by Gasteiger charge is 2.73. The maximum absolute atomic E-state index is 9.24. The second kappa shape index (κ2) is 50.2. The lowest BCUT2D eigenvalue weighted by Crippen LogP contribution is -2.65. The van der Waals surface area contributed by atoms with E-state index in [1.807, 2.05) is 0 Å². The average molecular weight is 2120 g/mol. The zero-order chi connectivity index (χ0) is 97.6. The number of hydrogen-bond donors (Lipinski definition) is 1. The Morgan fingerprint density at radius 1 is 0.145 bits per heavy atom. The smallest absolute Gasteiger partial charge is 0.503 e. The molecule has 24 heterocycles. The van der Waals surface area contributed by atoms with Crippen LogP contribution in [0.4, 0.5) is 4.79 Å². The second-order valence-electron chi connectivity index (χ2n) is 46.4. The van der Waals surface area contributed by atoms with E-state index >= 15 is 0 Å². The van der Waals surface area contributed by atoms with Crippen LogP contribution in [0.1, 0.15) is 308 Å².